The zero-order chi connectivity index (χ0) is 14.4. The van der Waals surface area contributed by atoms with Gasteiger partial charge in [0.05, 0.1) is 11.2 Å². The Morgan fingerprint density at radius 1 is 1.20 bits per heavy atom. The Morgan fingerprint density at radius 3 is 2.75 bits per heavy atom. The first-order valence-electron chi connectivity index (χ1n) is 6.84. The third-order valence-corrected chi connectivity index (χ3v) is 3.24. The third kappa shape index (κ3) is 3.95. The molecule has 0 aliphatic rings. The highest BCUT2D eigenvalue weighted by Crippen LogP contribution is 2.26. The van der Waals surface area contributed by atoms with Gasteiger partial charge in [0.1, 0.15) is 11.5 Å². The van der Waals surface area contributed by atoms with Gasteiger partial charge >= 0.3 is 0 Å². The Morgan fingerprint density at radius 2 is 2.05 bits per heavy atom. The molecule has 0 spiro atoms. The number of nitrogens with zero attached hydrogens (tertiary/aromatic N) is 1. The number of hydrogen-bond acceptors (Lipinski definition) is 3. The molecular weight excluding hydrogens is 272 g/mol. The fraction of sp³-hybridized carbons (Fsp3) is 0.312. The van der Waals surface area contributed by atoms with Crippen molar-refractivity contribution in [1.82, 2.24) is 10.3 Å². The number of pyridine rings is 1. The summed E-state index contributed by atoms with van der Waals surface area (Å²) in [6.45, 7) is 5.23. The Bertz CT molecular complexity index is 560. The predicted octanol–water partition coefficient (Wildman–Crippen LogP) is 4.59. The van der Waals surface area contributed by atoms with Crippen LogP contribution >= 0.6 is 11.6 Å². The molecule has 1 aromatic heterocycles. The molecule has 2 rings (SSSR count). The molecule has 1 atom stereocenters. The smallest absolute Gasteiger partial charge is 0.147 e. The molecule has 0 saturated carbocycles. The first kappa shape index (κ1) is 14.8. The molecule has 1 N–H and O–H groups in total. The van der Waals surface area contributed by atoms with Gasteiger partial charge < -0.3 is 10.1 Å². The molecule has 106 valence electrons. The standard InChI is InChI=1S/C16H19ClN2O/c1-3-16(19-4-2)12-6-5-7-14(8-12)20-15-9-13(17)10-18-11-15/h5-11,16,19H,3-4H2,1-2H3. The lowest BCUT2D eigenvalue weighted by Gasteiger charge is -2.17. The second-order valence-electron chi connectivity index (χ2n) is 4.53. The van der Waals surface area contributed by atoms with E-state index in [4.69, 9.17) is 16.3 Å². The fourth-order valence-electron chi connectivity index (χ4n) is 2.12. The molecule has 3 nitrogen and oxygen atoms in total. The van der Waals surface area contributed by atoms with Crippen LogP contribution in [0.15, 0.2) is 42.7 Å². The van der Waals surface area contributed by atoms with Crippen LogP contribution in [0.5, 0.6) is 11.5 Å². The van der Waals surface area contributed by atoms with Gasteiger partial charge in [-0.05, 0) is 30.7 Å². The molecule has 4 heteroatoms. The minimum atomic E-state index is 0.348. The lowest BCUT2D eigenvalue weighted by molar-refractivity contribution is 0.475. The van der Waals surface area contributed by atoms with Gasteiger partial charge in [-0.1, -0.05) is 37.6 Å². The molecule has 20 heavy (non-hydrogen) atoms. The van der Waals surface area contributed by atoms with Gasteiger partial charge in [0, 0.05) is 18.3 Å². The number of rotatable bonds is 6. The monoisotopic (exact) mass is 290 g/mol. The van der Waals surface area contributed by atoms with Gasteiger partial charge in [-0.25, -0.2) is 0 Å². The first-order chi connectivity index (χ1) is 9.72. The van der Waals surface area contributed by atoms with Crippen molar-refractivity contribution in [3.63, 3.8) is 0 Å². The van der Waals surface area contributed by atoms with E-state index in [9.17, 15) is 0 Å². The number of ether oxygens (including phenoxy) is 1. The highest BCUT2D eigenvalue weighted by Gasteiger charge is 2.08. The van der Waals surface area contributed by atoms with Crippen LogP contribution in [0.1, 0.15) is 31.9 Å². The van der Waals surface area contributed by atoms with Crippen molar-refractivity contribution in [2.75, 3.05) is 6.54 Å². The lowest BCUT2D eigenvalue weighted by atomic mass is 10.0. The Hall–Kier alpha value is -1.58. The lowest BCUT2D eigenvalue weighted by Crippen LogP contribution is -2.19. The SMILES string of the molecule is CCNC(CC)c1cccc(Oc2cncc(Cl)c2)c1. The molecule has 0 aliphatic carbocycles. The maximum Gasteiger partial charge on any atom is 0.147 e. The van der Waals surface area contributed by atoms with E-state index in [1.165, 1.54) is 5.56 Å². The quantitative estimate of drug-likeness (QED) is 0.845. The number of halogens is 1. The Kier molecular flexibility index (Phi) is 5.39. The molecule has 0 fully saturated rings. The van der Waals surface area contributed by atoms with E-state index in [-0.39, 0.29) is 0 Å². The van der Waals surface area contributed by atoms with E-state index in [2.05, 4.69) is 36.3 Å². The number of aromatic nitrogens is 1. The van der Waals surface area contributed by atoms with E-state index < -0.39 is 0 Å². The second-order valence-corrected chi connectivity index (χ2v) is 4.97. The van der Waals surface area contributed by atoms with E-state index in [1.807, 2.05) is 12.1 Å². The highest BCUT2D eigenvalue weighted by molar-refractivity contribution is 6.30. The van der Waals surface area contributed by atoms with Crippen molar-refractivity contribution in [2.24, 2.45) is 0 Å². The van der Waals surface area contributed by atoms with Gasteiger partial charge in [-0.2, -0.15) is 0 Å². The van der Waals surface area contributed by atoms with Crippen LogP contribution in [0.2, 0.25) is 5.02 Å². The molecule has 1 unspecified atom stereocenters. The first-order valence-corrected chi connectivity index (χ1v) is 7.22. The number of hydrogen-bond donors (Lipinski definition) is 1. The second kappa shape index (κ2) is 7.27. The van der Waals surface area contributed by atoms with Crippen LogP contribution in [-0.2, 0) is 0 Å². The van der Waals surface area contributed by atoms with E-state index in [1.54, 1.807) is 18.5 Å². The summed E-state index contributed by atoms with van der Waals surface area (Å²) >= 11 is 5.90. The van der Waals surface area contributed by atoms with Crippen molar-refractivity contribution in [1.29, 1.82) is 0 Å². The van der Waals surface area contributed by atoms with Crippen molar-refractivity contribution < 1.29 is 4.74 Å². The van der Waals surface area contributed by atoms with Crippen molar-refractivity contribution in [3.8, 4) is 11.5 Å². The van der Waals surface area contributed by atoms with E-state index in [0.29, 0.717) is 16.8 Å². The maximum atomic E-state index is 5.90. The molecule has 0 bridgehead atoms. The van der Waals surface area contributed by atoms with Crippen LogP contribution in [0.4, 0.5) is 0 Å². The van der Waals surface area contributed by atoms with Gasteiger partial charge in [-0.15, -0.1) is 0 Å². The molecular formula is C16H19ClN2O. The summed E-state index contributed by atoms with van der Waals surface area (Å²) in [6.07, 6.45) is 4.28. The zero-order valence-electron chi connectivity index (χ0n) is 11.8. The van der Waals surface area contributed by atoms with Crippen molar-refractivity contribution in [3.05, 3.63) is 53.3 Å². The maximum absolute atomic E-state index is 5.90. The topological polar surface area (TPSA) is 34.1 Å². The van der Waals surface area contributed by atoms with Gasteiger partial charge in [0.2, 0.25) is 0 Å². The summed E-state index contributed by atoms with van der Waals surface area (Å²) in [5.41, 5.74) is 1.22. The average molecular weight is 291 g/mol. The molecule has 0 amide bonds. The molecule has 1 heterocycles. The highest BCUT2D eigenvalue weighted by atomic mass is 35.5. The van der Waals surface area contributed by atoms with Crippen LogP contribution in [0.25, 0.3) is 0 Å². The fourth-order valence-corrected chi connectivity index (χ4v) is 2.29. The summed E-state index contributed by atoms with van der Waals surface area (Å²) in [5.74, 6) is 1.44. The molecule has 1 aromatic carbocycles. The summed E-state index contributed by atoms with van der Waals surface area (Å²) in [5, 5.41) is 4.03. The van der Waals surface area contributed by atoms with Crippen LogP contribution in [-0.4, -0.2) is 11.5 Å². The van der Waals surface area contributed by atoms with Crippen LogP contribution < -0.4 is 10.1 Å². The molecule has 0 aliphatic heterocycles. The van der Waals surface area contributed by atoms with Crippen LogP contribution in [0.3, 0.4) is 0 Å². The average Bonchev–Trinajstić information content (AvgIpc) is 2.45. The minimum Gasteiger partial charge on any atom is -0.456 e. The van der Waals surface area contributed by atoms with Crippen LogP contribution in [0, 0.1) is 0 Å². The minimum absolute atomic E-state index is 0.348. The number of nitrogens with one attached hydrogen (secondary N) is 1. The molecule has 0 saturated heterocycles. The molecule has 2 aromatic rings. The van der Waals surface area contributed by atoms with E-state index >= 15 is 0 Å². The third-order valence-electron chi connectivity index (χ3n) is 3.03. The molecule has 0 radical (unpaired) electrons. The van der Waals surface area contributed by atoms with Gasteiger partial charge in [-0.3, -0.25) is 4.98 Å². The summed E-state index contributed by atoms with van der Waals surface area (Å²) in [4.78, 5) is 4.01. The van der Waals surface area contributed by atoms with E-state index in [0.717, 1.165) is 18.7 Å². The zero-order valence-corrected chi connectivity index (χ0v) is 12.5. The normalized spacial score (nSPS) is 12.2. The van der Waals surface area contributed by atoms with Gasteiger partial charge in [0.25, 0.3) is 0 Å². The largest absolute Gasteiger partial charge is 0.456 e. The summed E-state index contributed by atoms with van der Waals surface area (Å²) in [7, 11) is 0. The predicted molar refractivity (Wildman–Crippen MR) is 82.5 cm³/mol. The van der Waals surface area contributed by atoms with Crippen molar-refractivity contribution >= 4 is 11.6 Å². The van der Waals surface area contributed by atoms with Crippen molar-refractivity contribution in [2.45, 2.75) is 26.3 Å². The Balaban J connectivity index is 2.17. The Labute approximate surface area is 124 Å². The summed E-state index contributed by atoms with van der Waals surface area (Å²) in [6, 6.07) is 10.2. The number of benzene rings is 1. The van der Waals surface area contributed by atoms with Gasteiger partial charge in [0.15, 0.2) is 0 Å². The summed E-state index contributed by atoms with van der Waals surface area (Å²) < 4.78 is 5.80.